The van der Waals surface area contributed by atoms with E-state index in [1.807, 2.05) is 19.1 Å². The van der Waals surface area contributed by atoms with Gasteiger partial charge in [-0.2, -0.15) is 0 Å². The number of carboxylic acid groups (broad SMARTS) is 1. The highest BCUT2D eigenvalue weighted by Gasteiger charge is 2.41. The fourth-order valence-electron chi connectivity index (χ4n) is 1.62. The first-order valence-electron chi connectivity index (χ1n) is 5.67. The summed E-state index contributed by atoms with van der Waals surface area (Å²) in [5.41, 5.74) is 4.53. The van der Waals surface area contributed by atoms with Crippen LogP contribution in [0.15, 0.2) is 24.3 Å². The fraction of sp³-hybridized carbons (Fsp3) is 0.385. The van der Waals surface area contributed by atoms with Gasteiger partial charge in [-0.05, 0) is 25.5 Å². The molecule has 1 aromatic rings. The number of aliphatic carboxylic acids is 1. The van der Waals surface area contributed by atoms with Crippen LogP contribution < -0.4 is 10.5 Å². The van der Waals surface area contributed by atoms with E-state index in [1.54, 1.807) is 19.1 Å². The van der Waals surface area contributed by atoms with Gasteiger partial charge in [-0.3, -0.25) is 4.79 Å². The third kappa shape index (κ3) is 3.23. The molecule has 0 radical (unpaired) electrons. The van der Waals surface area contributed by atoms with Crippen molar-refractivity contribution in [2.75, 3.05) is 0 Å². The number of hydrogen-bond donors (Lipinski definition) is 2. The summed E-state index contributed by atoms with van der Waals surface area (Å²) in [5.74, 6) is -1.48. The molecule has 0 heterocycles. The van der Waals surface area contributed by atoms with E-state index >= 15 is 0 Å². The topological polar surface area (TPSA) is 89.6 Å². The molecular weight excluding hydrogens is 234 g/mol. The van der Waals surface area contributed by atoms with Crippen molar-refractivity contribution >= 4 is 11.9 Å². The number of aryl methyl sites for hydroxylation is 1. The molecule has 0 aliphatic carbocycles. The van der Waals surface area contributed by atoms with Crippen LogP contribution in [-0.4, -0.2) is 22.6 Å². The quantitative estimate of drug-likeness (QED) is 0.801. The van der Waals surface area contributed by atoms with E-state index in [-0.39, 0.29) is 12.8 Å². The van der Waals surface area contributed by atoms with Crippen molar-refractivity contribution in [1.29, 1.82) is 0 Å². The van der Waals surface area contributed by atoms with Gasteiger partial charge in [-0.1, -0.05) is 24.6 Å². The van der Waals surface area contributed by atoms with Crippen LogP contribution in [0.3, 0.4) is 0 Å². The number of amides is 1. The maximum absolute atomic E-state index is 11.3. The minimum Gasteiger partial charge on any atom is -0.478 e. The lowest BCUT2D eigenvalue weighted by Gasteiger charge is -2.28. The zero-order valence-corrected chi connectivity index (χ0v) is 10.5. The van der Waals surface area contributed by atoms with Gasteiger partial charge in [-0.15, -0.1) is 0 Å². The molecule has 1 amide bonds. The third-order valence-corrected chi connectivity index (χ3v) is 2.75. The number of carboxylic acids is 1. The zero-order valence-electron chi connectivity index (χ0n) is 10.5. The van der Waals surface area contributed by atoms with Crippen molar-refractivity contribution in [2.24, 2.45) is 5.73 Å². The number of nitrogens with two attached hydrogens (primary N) is 1. The van der Waals surface area contributed by atoms with Crippen molar-refractivity contribution in [3.63, 3.8) is 0 Å². The number of carbonyl (C=O) groups is 2. The molecule has 1 rings (SSSR count). The molecule has 0 fully saturated rings. The summed E-state index contributed by atoms with van der Waals surface area (Å²) in [6.45, 7) is 3.56. The van der Waals surface area contributed by atoms with Crippen molar-refractivity contribution in [1.82, 2.24) is 0 Å². The Balaban J connectivity index is 3.00. The van der Waals surface area contributed by atoms with E-state index in [9.17, 15) is 14.7 Å². The predicted molar refractivity (Wildman–Crippen MR) is 66.3 cm³/mol. The van der Waals surface area contributed by atoms with Gasteiger partial charge in [0.15, 0.2) is 0 Å². The van der Waals surface area contributed by atoms with Crippen LogP contribution in [0.25, 0.3) is 0 Å². The maximum atomic E-state index is 11.3. The highest BCUT2D eigenvalue weighted by molar-refractivity contribution is 5.86. The Morgan fingerprint density at radius 1 is 1.33 bits per heavy atom. The summed E-state index contributed by atoms with van der Waals surface area (Å²) in [6.07, 6.45) is -0.203. The van der Waals surface area contributed by atoms with Gasteiger partial charge in [0.2, 0.25) is 11.5 Å². The summed E-state index contributed by atoms with van der Waals surface area (Å²) in [4.78, 5) is 22.3. The Morgan fingerprint density at radius 3 is 2.28 bits per heavy atom. The van der Waals surface area contributed by atoms with Gasteiger partial charge in [-0.25, -0.2) is 4.79 Å². The molecule has 0 bridgehead atoms. The number of rotatable bonds is 6. The molecule has 0 aliphatic heterocycles. The number of hydrogen-bond acceptors (Lipinski definition) is 3. The van der Waals surface area contributed by atoms with Gasteiger partial charge in [0.05, 0.1) is 6.42 Å². The average Bonchev–Trinajstić information content (AvgIpc) is 2.30. The summed E-state index contributed by atoms with van der Waals surface area (Å²) < 4.78 is 5.48. The molecule has 1 atom stereocenters. The summed E-state index contributed by atoms with van der Waals surface area (Å²) in [6, 6.07) is 6.96. The Kier molecular flexibility index (Phi) is 4.31. The van der Waals surface area contributed by atoms with E-state index in [2.05, 4.69) is 0 Å². The second-order valence-electron chi connectivity index (χ2n) is 4.21. The molecule has 0 saturated heterocycles. The van der Waals surface area contributed by atoms with Gasteiger partial charge in [0, 0.05) is 0 Å². The number of ether oxygens (including phenoxy) is 1. The minimum absolute atomic E-state index is 0.152. The largest absolute Gasteiger partial charge is 0.478 e. The van der Waals surface area contributed by atoms with Gasteiger partial charge < -0.3 is 15.6 Å². The van der Waals surface area contributed by atoms with Gasteiger partial charge in [0.1, 0.15) is 5.75 Å². The number of primary amides is 1. The minimum atomic E-state index is -1.60. The Bertz CT molecular complexity index is 441. The first kappa shape index (κ1) is 14.0. The average molecular weight is 251 g/mol. The fourth-order valence-corrected chi connectivity index (χ4v) is 1.62. The molecule has 18 heavy (non-hydrogen) atoms. The van der Waals surface area contributed by atoms with Crippen LogP contribution in [0.4, 0.5) is 0 Å². The Labute approximate surface area is 106 Å². The van der Waals surface area contributed by atoms with Crippen LogP contribution in [0.5, 0.6) is 5.75 Å². The Morgan fingerprint density at radius 2 is 1.89 bits per heavy atom. The van der Waals surface area contributed by atoms with E-state index in [4.69, 9.17) is 10.5 Å². The molecule has 0 aromatic heterocycles. The molecule has 0 aliphatic rings. The van der Waals surface area contributed by atoms with Crippen LogP contribution in [0, 0.1) is 6.92 Å². The summed E-state index contributed by atoms with van der Waals surface area (Å²) >= 11 is 0. The van der Waals surface area contributed by atoms with Crippen molar-refractivity contribution < 1.29 is 19.4 Å². The van der Waals surface area contributed by atoms with Crippen LogP contribution in [0.2, 0.25) is 0 Å². The van der Waals surface area contributed by atoms with Crippen LogP contribution >= 0.6 is 0 Å². The zero-order chi connectivity index (χ0) is 13.8. The molecular formula is C13H17NO4. The van der Waals surface area contributed by atoms with Crippen LogP contribution in [0.1, 0.15) is 25.3 Å². The Hall–Kier alpha value is -2.04. The molecule has 0 unspecified atom stereocenters. The second-order valence-corrected chi connectivity index (χ2v) is 4.21. The predicted octanol–water partition coefficient (Wildman–Crippen LogP) is 1.48. The smallest absolute Gasteiger partial charge is 0.348 e. The number of carbonyl (C=O) groups excluding carboxylic acids is 1. The number of benzene rings is 1. The van der Waals surface area contributed by atoms with Gasteiger partial charge in [0.25, 0.3) is 0 Å². The molecule has 0 saturated carbocycles. The molecule has 5 nitrogen and oxygen atoms in total. The lowest BCUT2D eigenvalue weighted by Crippen LogP contribution is -2.47. The monoisotopic (exact) mass is 251 g/mol. The molecule has 5 heteroatoms. The molecule has 98 valence electrons. The van der Waals surface area contributed by atoms with E-state index in [1.165, 1.54) is 0 Å². The van der Waals surface area contributed by atoms with E-state index in [0.29, 0.717) is 5.75 Å². The molecule has 0 spiro atoms. The molecule has 3 N–H and O–H groups in total. The highest BCUT2D eigenvalue weighted by atomic mass is 16.5. The normalized spacial score (nSPS) is 13.7. The lowest BCUT2D eigenvalue weighted by atomic mass is 9.95. The van der Waals surface area contributed by atoms with E-state index in [0.717, 1.165) is 5.56 Å². The van der Waals surface area contributed by atoms with Crippen molar-refractivity contribution in [3.05, 3.63) is 29.8 Å². The SMILES string of the molecule is CC[C@](CC(N)=O)(Oc1ccc(C)cc1)C(=O)O. The molecule has 1 aromatic carbocycles. The van der Waals surface area contributed by atoms with Gasteiger partial charge >= 0.3 is 5.97 Å². The lowest BCUT2D eigenvalue weighted by molar-refractivity contribution is -0.158. The highest BCUT2D eigenvalue weighted by Crippen LogP contribution is 2.25. The summed E-state index contributed by atoms with van der Waals surface area (Å²) in [5, 5.41) is 9.26. The van der Waals surface area contributed by atoms with Crippen molar-refractivity contribution in [3.8, 4) is 5.75 Å². The third-order valence-electron chi connectivity index (χ3n) is 2.75. The second kappa shape index (κ2) is 5.53. The van der Waals surface area contributed by atoms with Crippen LogP contribution in [-0.2, 0) is 9.59 Å². The van der Waals surface area contributed by atoms with E-state index < -0.39 is 17.5 Å². The first-order valence-corrected chi connectivity index (χ1v) is 5.67. The maximum Gasteiger partial charge on any atom is 0.348 e. The standard InChI is InChI=1S/C13H17NO4/c1-3-13(12(16)17,8-11(14)15)18-10-6-4-9(2)5-7-10/h4-7H,3,8H2,1-2H3,(H2,14,15)(H,16,17)/t13-/m1/s1. The summed E-state index contributed by atoms with van der Waals surface area (Å²) in [7, 11) is 0. The first-order chi connectivity index (χ1) is 8.39. The van der Waals surface area contributed by atoms with Crippen molar-refractivity contribution in [2.45, 2.75) is 32.3 Å².